The van der Waals surface area contributed by atoms with Gasteiger partial charge in [-0.15, -0.1) is 0 Å². The van der Waals surface area contributed by atoms with Crippen LogP contribution in [0.25, 0.3) is 0 Å². The van der Waals surface area contributed by atoms with Crippen molar-refractivity contribution < 1.29 is 19.1 Å². The van der Waals surface area contributed by atoms with E-state index in [4.69, 9.17) is 21.1 Å². The van der Waals surface area contributed by atoms with E-state index >= 15 is 0 Å². The molecule has 1 atom stereocenters. The van der Waals surface area contributed by atoms with Gasteiger partial charge in [0.15, 0.2) is 0 Å². The summed E-state index contributed by atoms with van der Waals surface area (Å²) in [5.41, 5.74) is 1.56. The maximum absolute atomic E-state index is 12.3. The number of amides is 2. The lowest BCUT2D eigenvalue weighted by atomic mass is 10.1. The van der Waals surface area contributed by atoms with Crippen LogP contribution in [0.5, 0.6) is 5.75 Å². The highest BCUT2D eigenvalue weighted by Crippen LogP contribution is 2.25. The molecular weight excluding hydrogens is 418 g/mol. The quantitative estimate of drug-likeness (QED) is 0.725. The molecule has 164 valence electrons. The molecule has 2 aromatic carbocycles. The highest BCUT2D eigenvalue weighted by molar-refractivity contribution is 6.30. The molecule has 0 radical (unpaired) electrons. The van der Waals surface area contributed by atoms with Crippen molar-refractivity contribution in [1.29, 1.82) is 0 Å². The minimum Gasteiger partial charge on any atom is -0.490 e. The molecule has 7 nitrogen and oxygen atoms in total. The summed E-state index contributed by atoms with van der Waals surface area (Å²) >= 11 is 5.93. The molecule has 2 saturated heterocycles. The van der Waals surface area contributed by atoms with Crippen LogP contribution in [0.1, 0.15) is 19.8 Å². The summed E-state index contributed by atoms with van der Waals surface area (Å²) in [6, 6.07) is 14.6. The van der Waals surface area contributed by atoms with Crippen LogP contribution in [-0.2, 0) is 9.53 Å². The highest BCUT2D eigenvalue weighted by atomic mass is 35.5. The first-order valence-electron chi connectivity index (χ1n) is 10.5. The topological polar surface area (TPSA) is 71.1 Å². The Bertz CT molecular complexity index is 911. The fourth-order valence-corrected chi connectivity index (χ4v) is 4.08. The summed E-state index contributed by atoms with van der Waals surface area (Å²) in [7, 11) is 0. The van der Waals surface area contributed by atoms with E-state index in [0.29, 0.717) is 18.1 Å². The Hall–Kier alpha value is -2.77. The third kappa shape index (κ3) is 5.68. The van der Waals surface area contributed by atoms with Gasteiger partial charge in [-0.1, -0.05) is 11.6 Å². The van der Waals surface area contributed by atoms with Gasteiger partial charge in [0.25, 0.3) is 0 Å². The zero-order valence-corrected chi connectivity index (χ0v) is 18.2. The Balaban J connectivity index is 1.23. The molecule has 1 N–H and O–H groups in total. The van der Waals surface area contributed by atoms with Gasteiger partial charge in [0.1, 0.15) is 18.0 Å². The Morgan fingerprint density at radius 1 is 1.13 bits per heavy atom. The number of carbonyl (C=O) groups excluding carboxylic acids is 2. The van der Waals surface area contributed by atoms with Gasteiger partial charge in [-0.3, -0.25) is 14.6 Å². The zero-order chi connectivity index (χ0) is 21.8. The number of cyclic esters (lactones) is 1. The largest absolute Gasteiger partial charge is 0.490 e. The van der Waals surface area contributed by atoms with E-state index in [9.17, 15) is 9.59 Å². The Kier molecular flexibility index (Phi) is 6.63. The first-order valence-corrected chi connectivity index (χ1v) is 10.8. The Morgan fingerprint density at radius 2 is 1.81 bits per heavy atom. The van der Waals surface area contributed by atoms with Crippen LogP contribution in [0.3, 0.4) is 0 Å². The average Bonchev–Trinajstić information content (AvgIpc) is 3.11. The molecular formula is C23H26ClN3O4. The smallest absolute Gasteiger partial charge is 0.414 e. The van der Waals surface area contributed by atoms with Crippen molar-refractivity contribution >= 4 is 35.0 Å². The van der Waals surface area contributed by atoms with Crippen LogP contribution >= 0.6 is 11.6 Å². The number of rotatable bonds is 6. The van der Waals surface area contributed by atoms with Crippen LogP contribution in [0.2, 0.25) is 5.02 Å². The maximum atomic E-state index is 12.3. The fraction of sp³-hybridized carbons (Fsp3) is 0.391. The highest BCUT2D eigenvalue weighted by Gasteiger charge is 2.34. The van der Waals surface area contributed by atoms with Crippen molar-refractivity contribution in [2.45, 2.75) is 32.0 Å². The van der Waals surface area contributed by atoms with E-state index in [-0.39, 0.29) is 24.2 Å². The molecule has 2 heterocycles. The molecule has 0 bridgehead atoms. The lowest BCUT2D eigenvalue weighted by Gasteiger charge is -2.33. The maximum Gasteiger partial charge on any atom is 0.414 e. The van der Waals surface area contributed by atoms with Crippen LogP contribution in [0.15, 0.2) is 48.5 Å². The SMILES string of the molecule is CC(=O)Nc1ccc(OC2CCN(CC3CN(c4ccc(Cl)cc4)C(=O)O3)CC2)cc1. The van der Waals surface area contributed by atoms with Gasteiger partial charge >= 0.3 is 6.09 Å². The van der Waals surface area contributed by atoms with E-state index < -0.39 is 0 Å². The third-order valence-corrected chi connectivity index (χ3v) is 5.74. The number of likely N-dealkylation sites (tertiary alicyclic amines) is 1. The van der Waals surface area contributed by atoms with E-state index in [0.717, 1.165) is 43.1 Å². The minimum atomic E-state index is -0.312. The molecule has 2 aliphatic rings. The molecule has 2 fully saturated rings. The van der Waals surface area contributed by atoms with Gasteiger partial charge in [-0.05, 0) is 61.4 Å². The summed E-state index contributed by atoms with van der Waals surface area (Å²) in [5.74, 6) is 0.709. The summed E-state index contributed by atoms with van der Waals surface area (Å²) in [5, 5.41) is 3.39. The number of hydrogen-bond acceptors (Lipinski definition) is 5. The molecule has 2 aromatic rings. The monoisotopic (exact) mass is 443 g/mol. The molecule has 0 aromatic heterocycles. The molecule has 0 spiro atoms. The Morgan fingerprint density at radius 3 is 2.45 bits per heavy atom. The zero-order valence-electron chi connectivity index (χ0n) is 17.4. The van der Waals surface area contributed by atoms with Crippen molar-refractivity contribution in [3.63, 3.8) is 0 Å². The van der Waals surface area contributed by atoms with Crippen molar-refractivity contribution in [2.24, 2.45) is 0 Å². The Labute approximate surface area is 186 Å². The second kappa shape index (κ2) is 9.58. The number of anilines is 2. The molecule has 8 heteroatoms. The summed E-state index contributed by atoms with van der Waals surface area (Å²) in [6.07, 6.45) is 1.51. The van der Waals surface area contributed by atoms with Crippen LogP contribution in [-0.4, -0.2) is 55.3 Å². The third-order valence-electron chi connectivity index (χ3n) is 5.49. The van der Waals surface area contributed by atoms with Crippen LogP contribution in [0.4, 0.5) is 16.2 Å². The van der Waals surface area contributed by atoms with E-state index in [2.05, 4.69) is 10.2 Å². The summed E-state index contributed by atoms with van der Waals surface area (Å²) in [4.78, 5) is 27.3. The van der Waals surface area contributed by atoms with Crippen molar-refractivity contribution in [3.05, 3.63) is 53.6 Å². The van der Waals surface area contributed by atoms with Gasteiger partial charge in [0.05, 0.1) is 6.54 Å². The first-order chi connectivity index (χ1) is 15.0. The molecule has 1 unspecified atom stereocenters. The second-order valence-electron chi connectivity index (χ2n) is 7.92. The minimum absolute atomic E-state index is 0.0923. The van der Waals surface area contributed by atoms with Gasteiger partial charge in [0.2, 0.25) is 5.91 Å². The van der Waals surface area contributed by atoms with E-state index in [1.165, 1.54) is 6.92 Å². The second-order valence-corrected chi connectivity index (χ2v) is 8.35. The van der Waals surface area contributed by atoms with Crippen molar-refractivity contribution in [2.75, 3.05) is 36.4 Å². The van der Waals surface area contributed by atoms with Crippen LogP contribution in [0, 0.1) is 0 Å². The van der Waals surface area contributed by atoms with Gasteiger partial charge in [0, 0.05) is 43.0 Å². The molecule has 31 heavy (non-hydrogen) atoms. The number of nitrogens with one attached hydrogen (secondary N) is 1. The van der Waals surface area contributed by atoms with Crippen molar-refractivity contribution in [1.82, 2.24) is 4.90 Å². The van der Waals surface area contributed by atoms with Gasteiger partial charge in [-0.25, -0.2) is 4.79 Å². The normalized spacial score (nSPS) is 19.9. The number of halogens is 1. The summed E-state index contributed by atoms with van der Waals surface area (Å²) < 4.78 is 11.7. The number of nitrogens with zero attached hydrogens (tertiary/aromatic N) is 2. The van der Waals surface area contributed by atoms with Crippen molar-refractivity contribution in [3.8, 4) is 5.75 Å². The molecule has 0 saturated carbocycles. The molecule has 0 aliphatic carbocycles. The number of ether oxygens (including phenoxy) is 2. The first kappa shape index (κ1) is 21.5. The predicted molar refractivity (Wildman–Crippen MR) is 120 cm³/mol. The number of piperidine rings is 1. The fourth-order valence-electron chi connectivity index (χ4n) is 3.96. The summed E-state index contributed by atoms with van der Waals surface area (Å²) in [6.45, 7) is 4.53. The standard InChI is InChI=1S/C23H26ClN3O4/c1-16(28)25-18-4-8-20(9-5-18)30-21-10-12-26(13-11-21)14-22-15-27(23(29)31-22)19-6-2-17(24)3-7-19/h2-9,21-22H,10-15H2,1H3,(H,25,28). The van der Waals surface area contributed by atoms with Crippen LogP contribution < -0.4 is 15.0 Å². The number of hydrogen-bond donors (Lipinski definition) is 1. The average molecular weight is 444 g/mol. The molecule has 4 rings (SSSR count). The lowest BCUT2D eigenvalue weighted by Crippen LogP contribution is -2.42. The lowest BCUT2D eigenvalue weighted by molar-refractivity contribution is -0.114. The number of carbonyl (C=O) groups is 2. The van der Waals surface area contributed by atoms with Gasteiger partial charge < -0.3 is 14.8 Å². The van der Waals surface area contributed by atoms with Gasteiger partial charge in [-0.2, -0.15) is 0 Å². The number of benzene rings is 2. The predicted octanol–water partition coefficient (Wildman–Crippen LogP) is 4.17. The molecule has 2 amide bonds. The van der Waals surface area contributed by atoms with E-state index in [1.54, 1.807) is 17.0 Å². The van der Waals surface area contributed by atoms with E-state index in [1.807, 2.05) is 36.4 Å². The molecule has 2 aliphatic heterocycles.